The zero-order valence-electron chi connectivity index (χ0n) is 19.2. The lowest BCUT2D eigenvalue weighted by Crippen LogP contribution is -2.49. The van der Waals surface area contributed by atoms with Crippen LogP contribution in [0.15, 0.2) is 4.99 Å². The molecule has 0 aromatic rings. The molecule has 2 atom stereocenters. The Balaban J connectivity index is 0.00000341. The summed E-state index contributed by atoms with van der Waals surface area (Å²) in [5.74, 6) is 0.822. The third-order valence-electron chi connectivity index (χ3n) is 6.16. The first-order valence-corrected chi connectivity index (χ1v) is 11.7. The first-order valence-electron chi connectivity index (χ1n) is 11.7. The van der Waals surface area contributed by atoms with Crippen LogP contribution in [-0.4, -0.2) is 100 Å². The number of aliphatic imine (C=N–C) groups is 1. The number of guanidine groups is 1. The van der Waals surface area contributed by atoms with Gasteiger partial charge in [-0.3, -0.25) is 4.79 Å². The fraction of sp³-hybridized carbons (Fsp3) is 0.909. The molecule has 0 aromatic heterocycles. The Kier molecular flexibility index (Phi) is 12.4. The summed E-state index contributed by atoms with van der Waals surface area (Å²) in [6.07, 6.45) is 9.68. The molecule has 3 rings (SSSR count). The highest BCUT2D eigenvalue weighted by atomic mass is 127. The highest BCUT2D eigenvalue weighted by Gasteiger charge is 2.25. The first kappa shape index (κ1) is 26.6. The molecule has 0 spiro atoms. The number of likely N-dealkylation sites (N-methyl/N-ethyl adjacent to an activating group) is 1. The number of carbonyl (C=O) groups excluding carboxylic acids is 1. The summed E-state index contributed by atoms with van der Waals surface area (Å²) in [4.78, 5) is 20.5. The lowest BCUT2D eigenvalue weighted by Gasteiger charge is -2.35. The van der Waals surface area contributed by atoms with E-state index in [1.165, 1.54) is 19.3 Å². The smallest absolute Gasteiger partial charge is 0.243 e. The van der Waals surface area contributed by atoms with Crippen LogP contribution in [0.3, 0.4) is 0 Å². The van der Waals surface area contributed by atoms with Gasteiger partial charge in [0.1, 0.15) is 6.54 Å². The summed E-state index contributed by atoms with van der Waals surface area (Å²) in [6, 6.07) is 0. The van der Waals surface area contributed by atoms with Gasteiger partial charge in [-0.2, -0.15) is 0 Å². The van der Waals surface area contributed by atoms with E-state index < -0.39 is 0 Å². The number of hydrogen-bond donors (Lipinski definition) is 1. The molecule has 3 fully saturated rings. The van der Waals surface area contributed by atoms with Crippen LogP contribution in [-0.2, 0) is 19.0 Å². The van der Waals surface area contributed by atoms with Crippen LogP contribution in [0.5, 0.6) is 0 Å². The fourth-order valence-corrected chi connectivity index (χ4v) is 4.14. The molecule has 180 valence electrons. The molecule has 2 unspecified atom stereocenters. The predicted molar refractivity (Wildman–Crippen MR) is 132 cm³/mol. The molecule has 3 saturated heterocycles. The normalized spacial score (nSPS) is 25.6. The highest BCUT2D eigenvalue weighted by molar-refractivity contribution is 14.0. The maximum atomic E-state index is 12.0. The molecule has 9 heteroatoms. The predicted octanol–water partition coefficient (Wildman–Crippen LogP) is 2.26. The molecule has 3 aliphatic rings. The number of rotatable bonds is 7. The molecular weight excluding hydrogens is 511 g/mol. The van der Waals surface area contributed by atoms with Crippen LogP contribution in [0.1, 0.15) is 51.4 Å². The van der Waals surface area contributed by atoms with E-state index in [-0.39, 0.29) is 54.7 Å². The number of carbonyl (C=O) groups is 1. The Bertz CT molecular complexity index is 544. The Morgan fingerprint density at radius 1 is 1.03 bits per heavy atom. The van der Waals surface area contributed by atoms with Crippen LogP contribution < -0.4 is 5.32 Å². The molecule has 3 heterocycles. The minimum absolute atomic E-state index is 0. The summed E-state index contributed by atoms with van der Waals surface area (Å²) in [6.45, 7) is 5.08. The third-order valence-corrected chi connectivity index (χ3v) is 6.16. The maximum absolute atomic E-state index is 12.0. The second kappa shape index (κ2) is 14.5. The monoisotopic (exact) mass is 552 g/mol. The molecule has 1 amide bonds. The van der Waals surface area contributed by atoms with Gasteiger partial charge >= 0.3 is 0 Å². The van der Waals surface area contributed by atoms with Crippen LogP contribution in [0.4, 0.5) is 0 Å². The van der Waals surface area contributed by atoms with Crippen molar-refractivity contribution in [3.05, 3.63) is 0 Å². The molecule has 0 aliphatic carbocycles. The van der Waals surface area contributed by atoms with E-state index in [1.807, 2.05) is 0 Å². The van der Waals surface area contributed by atoms with Crippen molar-refractivity contribution in [3.8, 4) is 0 Å². The number of nitrogens with one attached hydrogen (secondary N) is 1. The van der Waals surface area contributed by atoms with E-state index in [0.29, 0.717) is 6.61 Å². The number of piperidine rings is 1. The fourth-order valence-electron chi connectivity index (χ4n) is 4.14. The number of ether oxygens (including phenoxy) is 3. The Hall–Kier alpha value is -0.650. The summed E-state index contributed by atoms with van der Waals surface area (Å²) < 4.78 is 17.8. The number of amides is 1. The van der Waals surface area contributed by atoms with Crippen molar-refractivity contribution >= 4 is 35.8 Å². The van der Waals surface area contributed by atoms with Gasteiger partial charge in [-0.1, -0.05) is 0 Å². The second-order valence-corrected chi connectivity index (χ2v) is 8.81. The van der Waals surface area contributed by atoms with Crippen molar-refractivity contribution in [1.29, 1.82) is 0 Å². The number of likely N-dealkylation sites (tertiary alicyclic amines) is 1. The Morgan fingerprint density at radius 3 is 2.26 bits per heavy atom. The van der Waals surface area contributed by atoms with Gasteiger partial charge in [0, 0.05) is 46.9 Å². The van der Waals surface area contributed by atoms with Gasteiger partial charge in [0.25, 0.3) is 0 Å². The number of hydrogen-bond acceptors (Lipinski definition) is 5. The van der Waals surface area contributed by atoms with E-state index >= 15 is 0 Å². The van der Waals surface area contributed by atoms with Crippen molar-refractivity contribution in [3.63, 3.8) is 0 Å². The quantitative estimate of drug-likeness (QED) is 0.297. The molecular formula is C22H41IN4O4. The van der Waals surface area contributed by atoms with Gasteiger partial charge in [-0.25, -0.2) is 4.99 Å². The zero-order valence-corrected chi connectivity index (χ0v) is 21.6. The van der Waals surface area contributed by atoms with Crippen molar-refractivity contribution in [2.24, 2.45) is 4.99 Å². The van der Waals surface area contributed by atoms with Gasteiger partial charge in [-0.15, -0.1) is 24.0 Å². The largest absolute Gasteiger partial charge is 0.376 e. The van der Waals surface area contributed by atoms with Crippen molar-refractivity contribution in [2.75, 3.05) is 60.1 Å². The van der Waals surface area contributed by atoms with E-state index in [2.05, 4.69) is 15.2 Å². The zero-order chi connectivity index (χ0) is 21.2. The average molecular weight is 552 g/mol. The molecule has 3 aliphatic heterocycles. The average Bonchev–Trinajstić information content (AvgIpc) is 2.79. The minimum atomic E-state index is 0. The molecule has 0 saturated carbocycles. The molecule has 0 aromatic carbocycles. The van der Waals surface area contributed by atoms with Crippen LogP contribution in [0.25, 0.3) is 0 Å². The third kappa shape index (κ3) is 9.39. The standard InChI is InChI=1S/C22H40N4O4.HI/c1-25(2)21(27)16-24-22(23-15-19-7-3-5-13-28-19)26-11-9-18(10-12-26)30-17-20-8-4-6-14-29-20;/h18-20H,3-17H2,1-2H3,(H,23,24);1H. The number of halogens is 1. The van der Waals surface area contributed by atoms with Crippen molar-refractivity contribution in [1.82, 2.24) is 15.1 Å². The van der Waals surface area contributed by atoms with E-state index in [0.717, 1.165) is 70.9 Å². The van der Waals surface area contributed by atoms with Gasteiger partial charge in [-0.05, 0) is 51.4 Å². The van der Waals surface area contributed by atoms with Crippen LogP contribution >= 0.6 is 24.0 Å². The van der Waals surface area contributed by atoms with E-state index in [1.54, 1.807) is 19.0 Å². The Labute approximate surface area is 204 Å². The molecule has 0 radical (unpaired) electrons. The van der Waals surface area contributed by atoms with Crippen LogP contribution in [0.2, 0.25) is 0 Å². The lowest BCUT2D eigenvalue weighted by atomic mass is 10.1. The SMILES string of the molecule is CN(C)C(=O)CN=C(NCC1CCCCO1)N1CCC(OCC2CCCCO2)CC1.I. The van der Waals surface area contributed by atoms with Gasteiger partial charge < -0.3 is 29.3 Å². The summed E-state index contributed by atoms with van der Waals surface area (Å²) in [5, 5.41) is 3.47. The second-order valence-electron chi connectivity index (χ2n) is 8.81. The van der Waals surface area contributed by atoms with Crippen LogP contribution in [0, 0.1) is 0 Å². The first-order chi connectivity index (χ1) is 14.6. The number of nitrogens with zero attached hydrogens (tertiary/aromatic N) is 3. The molecule has 8 nitrogen and oxygen atoms in total. The summed E-state index contributed by atoms with van der Waals surface area (Å²) >= 11 is 0. The highest BCUT2D eigenvalue weighted by Crippen LogP contribution is 2.18. The molecule has 1 N–H and O–H groups in total. The van der Waals surface area contributed by atoms with E-state index in [4.69, 9.17) is 14.2 Å². The van der Waals surface area contributed by atoms with Gasteiger partial charge in [0.05, 0.1) is 24.9 Å². The summed E-state index contributed by atoms with van der Waals surface area (Å²) in [5.41, 5.74) is 0. The maximum Gasteiger partial charge on any atom is 0.243 e. The minimum Gasteiger partial charge on any atom is -0.376 e. The summed E-state index contributed by atoms with van der Waals surface area (Å²) in [7, 11) is 3.53. The molecule has 31 heavy (non-hydrogen) atoms. The Morgan fingerprint density at radius 2 is 1.68 bits per heavy atom. The lowest BCUT2D eigenvalue weighted by molar-refractivity contribution is -0.127. The van der Waals surface area contributed by atoms with Crippen molar-refractivity contribution < 1.29 is 19.0 Å². The van der Waals surface area contributed by atoms with E-state index in [9.17, 15) is 4.79 Å². The molecule has 0 bridgehead atoms. The topological polar surface area (TPSA) is 75.6 Å². The van der Waals surface area contributed by atoms with Crippen molar-refractivity contribution in [2.45, 2.75) is 69.7 Å². The van der Waals surface area contributed by atoms with Gasteiger partial charge in [0.15, 0.2) is 5.96 Å². The van der Waals surface area contributed by atoms with Gasteiger partial charge in [0.2, 0.25) is 5.91 Å².